The molecule has 3 rings (SSSR count). The molecule has 0 atom stereocenters. The Morgan fingerprint density at radius 3 is 2.68 bits per heavy atom. The molecule has 2 aliphatic rings. The standard InChI is InChI=1S/C16H19ClN2O3/c1-18-4-6-19(7-5-18)15(20)3-2-12-10-13(17)16-14(11-12)21-8-9-22-16/h2-3,10-11H,4-9H2,1H3/b3-2+. The minimum atomic E-state index is 0.0270. The first-order valence-electron chi connectivity index (χ1n) is 7.38. The SMILES string of the molecule is CN1CCN(C(=O)/C=C/c2cc(Cl)c3c(c2)OCCO3)CC1. The van der Waals surface area contributed by atoms with Gasteiger partial charge >= 0.3 is 0 Å². The van der Waals surface area contributed by atoms with Crippen molar-refractivity contribution in [2.75, 3.05) is 46.4 Å². The summed E-state index contributed by atoms with van der Waals surface area (Å²) in [5, 5.41) is 0.504. The van der Waals surface area contributed by atoms with Crippen LogP contribution >= 0.6 is 11.6 Å². The molecule has 118 valence electrons. The summed E-state index contributed by atoms with van der Waals surface area (Å²) in [4.78, 5) is 16.3. The largest absolute Gasteiger partial charge is 0.486 e. The van der Waals surface area contributed by atoms with E-state index in [-0.39, 0.29) is 5.91 Å². The van der Waals surface area contributed by atoms with Crippen LogP contribution in [0, 0.1) is 0 Å². The molecule has 1 saturated heterocycles. The van der Waals surface area contributed by atoms with Gasteiger partial charge in [0.1, 0.15) is 13.2 Å². The van der Waals surface area contributed by atoms with Crippen LogP contribution in [0.3, 0.4) is 0 Å². The zero-order chi connectivity index (χ0) is 15.5. The quantitative estimate of drug-likeness (QED) is 0.780. The number of nitrogens with zero attached hydrogens (tertiary/aromatic N) is 2. The Balaban J connectivity index is 1.70. The van der Waals surface area contributed by atoms with Crippen molar-refractivity contribution in [2.24, 2.45) is 0 Å². The summed E-state index contributed by atoms with van der Waals surface area (Å²) in [6.07, 6.45) is 3.36. The molecule has 0 unspecified atom stereocenters. The van der Waals surface area contributed by atoms with E-state index in [2.05, 4.69) is 11.9 Å². The van der Waals surface area contributed by atoms with Crippen molar-refractivity contribution in [3.05, 3.63) is 28.8 Å². The van der Waals surface area contributed by atoms with E-state index in [1.165, 1.54) is 0 Å². The first-order chi connectivity index (χ1) is 10.6. The van der Waals surface area contributed by atoms with Gasteiger partial charge in [0.25, 0.3) is 0 Å². The van der Waals surface area contributed by atoms with Crippen molar-refractivity contribution >= 4 is 23.6 Å². The number of piperazine rings is 1. The summed E-state index contributed by atoms with van der Waals surface area (Å²) in [7, 11) is 2.06. The lowest BCUT2D eigenvalue weighted by molar-refractivity contribution is -0.127. The number of fused-ring (bicyclic) bond motifs is 1. The van der Waals surface area contributed by atoms with Crippen LogP contribution in [0.25, 0.3) is 6.08 Å². The Morgan fingerprint density at radius 2 is 1.91 bits per heavy atom. The van der Waals surface area contributed by atoms with Gasteiger partial charge < -0.3 is 19.3 Å². The van der Waals surface area contributed by atoms with Crippen molar-refractivity contribution in [1.29, 1.82) is 0 Å². The lowest BCUT2D eigenvalue weighted by Gasteiger charge is -2.31. The number of benzene rings is 1. The van der Waals surface area contributed by atoms with E-state index in [0.29, 0.717) is 29.7 Å². The van der Waals surface area contributed by atoms with Crippen LogP contribution in [-0.4, -0.2) is 62.1 Å². The molecule has 0 spiro atoms. The van der Waals surface area contributed by atoms with E-state index >= 15 is 0 Å². The predicted molar refractivity (Wildman–Crippen MR) is 85.6 cm³/mol. The van der Waals surface area contributed by atoms with Crippen molar-refractivity contribution < 1.29 is 14.3 Å². The van der Waals surface area contributed by atoms with Crippen LogP contribution in [-0.2, 0) is 4.79 Å². The highest BCUT2D eigenvalue weighted by Crippen LogP contribution is 2.38. The molecule has 1 aromatic carbocycles. The van der Waals surface area contributed by atoms with Gasteiger partial charge in [-0.15, -0.1) is 0 Å². The topological polar surface area (TPSA) is 42.0 Å². The molecule has 2 heterocycles. The fourth-order valence-corrected chi connectivity index (χ4v) is 2.80. The zero-order valence-electron chi connectivity index (χ0n) is 12.5. The van der Waals surface area contributed by atoms with E-state index in [4.69, 9.17) is 21.1 Å². The van der Waals surface area contributed by atoms with Crippen LogP contribution in [0.5, 0.6) is 11.5 Å². The molecule has 0 aromatic heterocycles. The van der Waals surface area contributed by atoms with Crippen molar-refractivity contribution in [2.45, 2.75) is 0 Å². The first kappa shape index (κ1) is 15.2. The van der Waals surface area contributed by atoms with Gasteiger partial charge in [0.15, 0.2) is 11.5 Å². The second kappa shape index (κ2) is 6.58. The number of amides is 1. The highest BCUT2D eigenvalue weighted by atomic mass is 35.5. The lowest BCUT2D eigenvalue weighted by atomic mass is 10.1. The van der Waals surface area contributed by atoms with Gasteiger partial charge in [-0.05, 0) is 30.8 Å². The molecule has 5 nitrogen and oxygen atoms in total. The molecule has 0 saturated carbocycles. The highest BCUT2D eigenvalue weighted by Gasteiger charge is 2.18. The van der Waals surface area contributed by atoms with Crippen LogP contribution in [0.1, 0.15) is 5.56 Å². The highest BCUT2D eigenvalue weighted by molar-refractivity contribution is 6.32. The summed E-state index contributed by atoms with van der Waals surface area (Å²) in [5.41, 5.74) is 0.830. The number of ether oxygens (including phenoxy) is 2. The minimum absolute atomic E-state index is 0.0270. The summed E-state index contributed by atoms with van der Waals surface area (Å²) in [5.74, 6) is 1.24. The van der Waals surface area contributed by atoms with Crippen LogP contribution < -0.4 is 9.47 Å². The fraction of sp³-hybridized carbons (Fsp3) is 0.438. The summed E-state index contributed by atoms with van der Waals surface area (Å²) in [6, 6.07) is 3.62. The van der Waals surface area contributed by atoms with Crippen LogP contribution in [0.4, 0.5) is 0 Å². The Kier molecular flexibility index (Phi) is 4.55. The van der Waals surface area contributed by atoms with Gasteiger partial charge in [-0.1, -0.05) is 11.6 Å². The number of halogens is 1. The average Bonchev–Trinajstić information content (AvgIpc) is 2.53. The molecule has 0 aliphatic carbocycles. The van der Waals surface area contributed by atoms with Gasteiger partial charge in [-0.3, -0.25) is 4.79 Å². The fourth-order valence-electron chi connectivity index (χ4n) is 2.53. The van der Waals surface area contributed by atoms with Crippen LogP contribution in [0.2, 0.25) is 5.02 Å². The molecule has 1 fully saturated rings. The third kappa shape index (κ3) is 3.36. The number of carbonyl (C=O) groups excluding carboxylic acids is 1. The number of hydrogen-bond donors (Lipinski definition) is 0. The van der Waals surface area contributed by atoms with E-state index < -0.39 is 0 Å². The summed E-state index contributed by atoms with van der Waals surface area (Å²) >= 11 is 6.19. The second-order valence-corrected chi connectivity index (χ2v) is 5.90. The van der Waals surface area contributed by atoms with Gasteiger partial charge in [0.05, 0.1) is 5.02 Å². The molecule has 6 heteroatoms. The summed E-state index contributed by atoms with van der Waals surface area (Å²) < 4.78 is 11.0. The third-order valence-electron chi connectivity index (χ3n) is 3.85. The maximum Gasteiger partial charge on any atom is 0.246 e. The number of hydrogen-bond acceptors (Lipinski definition) is 4. The molecule has 0 bridgehead atoms. The van der Waals surface area contributed by atoms with Gasteiger partial charge in [0, 0.05) is 32.3 Å². The van der Waals surface area contributed by atoms with Gasteiger partial charge in [-0.25, -0.2) is 0 Å². The maximum atomic E-state index is 12.2. The predicted octanol–water partition coefficient (Wildman–Crippen LogP) is 1.90. The monoisotopic (exact) mass is 322 g/mol. The molecule has 22 heavy (non-hydrogen) atoms. The smallest absolute Gasteiger partial charge is 0.246 e. The molecule has 1 aromatic rings. The molecular formula is C16H19ClN2O3. The molecule has 0 radical (unpaired) electrons. The van der Waals surface area contributed by atoms with E-state index in [9.17, 15) is 4.79 Å². The van der Waals surface area contributed by atoms with Crippen molar-refractivity contribution in [3.8, 4) is 11.5 Å². The lowest BCUT2D eigenvalue weighted by Crippen LogP contribution is -2.46. The Morgan fingerprint density at radius 1 is 1.18 bits per heavy atom. The average molecular weight is 323 g/mol. The molecule has 2 aliphatic heterocycles. The zero-order valence-corrected chi connectivity index (χ0v) is 13.3. The summed E-state index contributed by atoms with van der Waals surface area (Å²) in [6.45, 7) is 4.37. The molecule has 0 N–H and O–H groups in total. The van der Waals surface area contributed by atoms with E-state index in [0.717, 1.165) is 31.7 Å². The first-order valence-corrected chi connectivity index (χ1v) is 7.76. The van der Waals surface area contributed by atoms with Gasteiger partial charge in [-0.2, -0.15) is 0 Å². The van der Waals surface area contributed by atoms with Gasteiger partial charge in [0.2, 0.25) is 5.91 Å². The van der Waals surface area contributed by atoms with Crippen LogP contribution in [0.15, 0.2) is 18.2 Å². The number of carbonyl (C=O) groups is 1. The molecular weight excluding hydrogens is 304 g/mol. The Labute approximate surface area is 135 Å². The van der Waals surface area contributed by atoms with E-state index in [1.807, 2.05) is 11.0 Å². The minimum Gasteiger partial charge on any atom is -0.486 e. The third-order valence-corrected chi connectivity index (χ3v) is 4.13. The normalized spacial score (nSPS) is 18.7. The number of rotatable bonds is 2. The second-order valence-electron chi connectivity index (χ2n) is 5.49. The molecule has 1 amide bonds. The number of likely N-dealkylation sites (N-methyl/N-ethyl adjacent to an activating group) is 1. The van der Waals surface area contributed by atoms with E-state index in [1.54, 1.807) is 18.2 Å². The maximum absolute atomic E-state index is 12.2. The van der Waals surface area contributed by atoms with Crippen molar-refractivity contribution in [1.82, 2.24) is 9.80 Å². The van der Waals surface area contributed by atoms with Crippen molar-refractivity contribution in [3.63, 3.8) is 0 Å². The Bertz CT molecular complexity index is 595. The Hall–Kier alpha value is -1.72.